The van der Waals surface area contributed by atoms with Crippen LogP contribution in [0.4, 0.5) is 0 Å². The van der Waals surface area contributed by atoms with Gasteiger partial charge in [0.15, 0.2) is 0 Å². The van der Waals surface area contributed by atoms with Crippen LogP contribution in [0.15, 0.2) is 48.5 Å². The average molecular weight is 409 g/mol. The molecule has 2 unspecified atom stereocenters. The second kappa shape index (κ2) is 9.81. The van der Waals surface area contributed by atoms with Gasteiger partial charge in [0.25, 0.3) is 0 Å². The topological polar surface area (TPSA) is 26.3 Å². The van der Waals surface area contributed by atoms with Crippen LogP contribution in [0.3, 0.4) is 0 Å². The first kappa shape index (κ1) is 24.2. The lowest BCUT2D eigenvalue weighted by Gasteiger charge is -2.43. The Balaban J connectivity index is 2.20. The highest BCUT2D eigenvalue weighted by Crippen LogP contribution is 2.47. The van der Waals surface area contributed by atoms with Gasteiger partial charge < -0.3 is 4.74 Å². The second-order valence-electron chi connectivity index (χ2n) is 9.98. The summed E-state index contributed by atoms with van der Waals surface area (Å²) in [7, 11) is 0. The van der Waals surface area contributed by atoms with Gasteiger partial charge >= 0.3 is 5.97 Å². The monoisotopic (exact) mass is 408 g/mol. The molecule has 0 aliphatic carbocycles. The maximum Gasteiger partial charge on any atom is 0.317 e. The van der Waals surface area contributed by atoms with E-state index in [1.54, 1.807) is 0 Å². The highest BCUT2D eigenvalue weighted by Gasteiger charge is 2.48. The predicted molar refractivity (Wildman–Crippen MR) is 128 cm³/mol. The Hall–Kier alpha value is -2.09. The zero-order valence-corrected chi connectivity index (χ0v) is 20.2. The molecule has 0 radical (unpaired) electrons. The summed E-state index contributed by atoms with van der Waals surface area (Å²) in [6, 6.07) is 16.6. The third-order valence-corrected chi connectivity index (χ3v) is 7.26. The van der Waals surface area contributed by atoms with Crippen molar-refractivity contribution in [3.63, 3.8) is 0 Å². The molecule has 0 amide bonds. The summed E-state index contributed by atoms with van der Waals surface area (Å²) in [5, 5.41) is 0. The Morgan fingerprint density at radius 2 is 1.37 bits per heavy atom. The average Bonchev–Trinajstić information content (AvgIpc) is 2.73. The minimum absolute atomic E-state index is 0.122. The zero-order chi connectivity index (χ0) is 22.5. The van der Waals surface area contributed by atoms with Gasteiger partial charge in [0, 0.05) is 0 Å². The van der Waals surface area contributed by atoms with Crippen molar-refractivity contribution in [2.24, 2.45) is 16.7 Å². The van der Waals surface area contributed by atoms with Crippen LogP contribution >= 0.6 is 0 Å². The molecular weight excluding hydrogens is 368 g/mol. The Morgan fingerprint density at radius 3 is 1.80 bits per heavy atom. The molecular formula is C28H40O2. The third-order valence-electron chi connectivity index (χ3n) is 7.26. The molecule has 30 heavy (non-hydrogen) atoms. The molecule has 0 N–H and O–H groups in total. The molecule has 2 nitrogen and oxygen atoms in total. The molecule has 0 heterocycles. The maximum absolute atomic E-state index is 13.3. The molecule has 164 valence electrons. The largest absolute Gasteiger partial charge is 0.426 e. The summed E-state index contributed by atoms with van der Waals surface area (Å²) in [4.78, 5) is 13.3. The van der Waals surface area contributed by atoms with Crippen LogP contribution in [0.2, 0.25) is 0 Å². The van der Waals surface area contributed by atoms with Crippen LogP contribution in [0.1, 0.15) is 86.1 Å². The summed E-state index contributed by atoms with van der Waals surface area (Å²) >= 11 is 0. The van der Waals surface area contributed by atoms with Crippen LogP contribution in [-0.4, -0.2) is 5.97 Å². The summed E-state index contributed by atoms with van der Waals surface area (Å²) in [5.41, 5.74) is 2.98. The number of hydrogen-bond donors (Lipinski definition) is 0. The lowest BCUT2D eigenvalue weighted by atomic mass is 9.61. The lowest BCUT2D eigenvalue weighted by molar-refractivity contribution is -0.154. The molecule has 2 aromatic rings. The molecule has 0 saturated carbocycles. The van der Waals surface area contributed by atoms with Gasteiger partial charge in [-0.3, -0.25) is 4.79 Å². The molecule has 0 bridgehead atoms. The van der Waals surface area contributed by atoms with Crippen LogP contribution in [-0.2, 0) is 4.79 Å². The van der Waals surface area contributed by atoms with Gasteiger partial charge in [0.05, 0.1) is 5.41 Å². The van der Waals surface area contributed by atoms with E-state index in [9.17, 15) is 4.79 Å². The first-order valence-electron chi connectivity index (χ1n) is 11.5. The quantitative estimate of drug-likeness (QED) is 0.308. The van der Waals surface area contributed by atoms with Crippen LogP contribution in [0.25, 0.3) is 11.1 Å². The maximum atomic E-state index is 13.3. The fraction of sp³-hybridized carbons (Fsp3) is 0.536. The molecule has 0 fully saturated rings. The van der Waals surface area contributed by atoms with Gasteiger partial charge in [-0.15, -0.1) is 0 Å². The predicted octanol–water partition coefficient (Wildman–Crippen LogP) is 8.26. The fourth-order valence-electron chi connectivity index (χ4n) is 3.86. The van der Waals surface area contributed by atoms with Crippen molar-refractivity contribution in [3.05, 3.63) is 54.1 Å². The van der Waals surface area contributed by atoms with E-state index in [1.165, 1.54) is 11.1 Å². The van der Waals surface area contributed by atoms with Gasteiger partial charge in [0.1, 0.15) is 5.75 Å². The normalized spacial score (nSPS) is 15.0. The van der Waals surface area contributed by atoms with E-state index in [4.69, 9.17) is 4.74 Å². The van der Waals surface area contributed by atoms with Crippen LogP contribution in [0, 0.1) is 16.7 Å². The third kappa shape index (κ3) is 5.33. The first-order chi connectivity index (χ1) is 14.0. The van der Waals surface area contributed by atoms with E-state index in [1.807, 2.05) is 24.3 Å². The molecule has 2 rings (SSSR count). The number of rotatable bonds is 9. The number of hydrogen-bond acceptors (Lipinski definition) is 2. The summed E-state index contributed by atoms with van der Waals surface area (Å²) < 4.78 is 5.92. The van der Waals surface area contributed by atoms with Crippen LogP contribution in [0.5, 0.6) is 5.75 Å². The molecule has 2 heteroatoms. The van der Waals surface area contributed by atoms with Crippen molar-refractivity contribution in [2.75, 3.05) is 0 Å². The Kier molecular flexibility index (Phi) is 7.91. The van der Waals surface area contributed by atoms with Crippen molar-refractivity contribution in [3.8, 4) is 16.9 Å². The number of ether oxygens (including phenoxy) is 1. The molecule has 0 spiro atoms. The summed E-state index contributed by atoms with van der Waals surface area (Å²) in [6.45, 7) is 17.4. The molecule has 0 aliphatic rings. The highest BCUT2D eigenvalue weighted by atomic mass is 16.5. The standard InChI is InChI=1S/C28H40O2/c1-9-21(5)19-28(8,27(6,7)10-2)26(29)30-25-17-15-24(16-18-25)23-13-11-22(12-14-23)20(3)4/h11-18,20-21H,9-10,19H2,1-8H3. The van der Waals surface area contributed by atoms with Crippen molar-refractivity contribution in [1.82, 2.24) is 0 Å². The van der Waals surface area contributed by atoms with Gasteiger partial charge in [-0.2, -0.15) is 0 Å². The second-order valence-corrected chi connectivity index (χ2v) is 9.98. The molecule has 2 atom stereocenters. The smallest absolute Gasteiger partial charge is 0.317 e. The van der Waals surface area contributed by atoms with Gasteiger partial charge in [-0.25, -0.2) is 0 Å². The van der Waals surface area contributed by atoms with E-state index >= 15 is 0 Å². The number of esters is 1. The van der Waals surface area contributed by atoms with Gasteiger partial charge in [-0.1, -0.05) is 91.3 Å². The zero-order valence-electron chi connectivity index (χ0n) is 20.2. The van der Waals surface area contributed by atoms with E-state index in [0.717, 1.165) is 24.8 Å². The van der Waals surface area contributed by atoms with E-state index in [-0.39, 0.29) is 11.4 Å². The summed E-state index contributed by atoms with van der Waals surface area (Å²) in [6.07, 6.45) is 2.83. The van der Waals surface area contributed by atoms with Crippen molar-refractivity contribution in [1.29, 1.82) is 0 Å². The van der Waals surface area contributed by atoms with E-state index in [2.05, 4.69) is 79.7 Å². The van der Waals surface area contributed by atoms with E-state index in [0.29, 0.717) is 17.6 Å². The minimum atomic E-state index is -0.525. The fourth-order valence-corrected chi connectivity index (χ4v) is 3.86. The first-order valence-corrected chi connectivity index (χ1v) is 11.5. The van der Waals surface area contributed by atoms with E-state index < -0.39 is 5.41 Å². The van der Waals surface area contributed by atoms with Crippen LogP contribution < -0.4 is 4.74 Å². The molecule has 0 aliphatic heterocycles. The molecule has 0 saturated heterocycles. The van der Waals surface area contributed by atoms with Gasteiger partial charge in [-0.05, 0) is 65.8 Å². The summed E-state index contributed by atoms with van der Waals surface area (Å²) in [5.74, 6) is 1.50. The van der Waals surface area contributed by atoms with Crippen molar-refractivity contribution < 1.29 is 9.53 Å². The number of carbonyl (C=O) groups is 1. The van der Waals surface area contributed by atoms with Crippen molar-refractivity contribution >= 4 is 5.97 Å². The highest BCUT2D eigenvalue weighted by molar-refractivity contribution is 5.80. The Morgan fingerprint density at radius 1 is 0.867 bits per heavy atom. The molecule has 2 aromatic carbocycles. The SMILES string of the molecule is CCC(C)CC(C)(C(=O)Oc1ccc(-c2ccc(C(C)C)cc2)cc1)C(C)(C)CC. The van der Waals surface area contributed by atoms with Crippen molar-refractivity contribution in [2.45, 2.75) is 80.6 Å². The van der Waals surface area contributed by atoms with Gasteiger partial charge in [0.2, 0.25) is 0 Å². The Labute approximate surface area is 184 Å². The molecule has 0 aromatic heterocycles. The number of carbonyl (C=O) groups excluding carboxylic acids is 1. The minimum Gasteiger partial charge on any atom is -0.426 e. The Bertz CT molecular complexity index is 815. The lowest BCUT2D eigenvalue weighted by Crippen LogP contribution is -2.45. The number of benzene rings is 2.